The Morgan fingerprint density at radius 3 is 2.09 bits per heavy atom. The van der Waals surface area contributed by atoms with E-state index < -0.39 is 13.8 Å². The smallest absolute Gasteiger partial charge is 0.780 e. The quantitative estimate of drug-likeness (QED) is 0.418. The number of rotatable bonds is 4. The molecule has 0 bridgehead atoms. The van der Waals surface area contributed by atoms with Gasteiger partial charge in [0, 0.05) is 0 Å². The van der Waals surface area contributed by atoms with Gasteiger partial charge in [-0.1, -0.05) is 48.5 Å². The normalized spacial score (nSPS) is 10.1. The maximum absolute atomic E-state index is 11.7. The van der Waals surface area contributed by atoms with Crippen molar-refractivity contribution < 1.29 is 61.4 Å². The number of benzene rings is 2. The van der Waals surface area contributed by atoms with Crippen LogP contribution in [0.25, 0.3) is 0 Å². The van der Waals surface area contributed by atoms with Crippen LogP contribution in [0.15, 0.2) is 54.6 Å². The molecule has 0 aliphatic carbocycles. The molecule has 0 heterocycles. The SMILES string of the molecule is O=C(OP(=O)([O-])[O-])c1ccccc1Cc1ccccc1.[Li+].[Li+]. The van der Waals surface area contributed by atoms with E-state index in [0.29, 0.717) is 12.0 Å². The van der Waals surface area contributed by atoms with Crippen molar-refractivity contribution in [1.82, 2.24) is 0 Å². The van der Waals surface area contributed by atoms with Gasteiger partial charge in [-0.3, -0.25) is 0 Å². The number of hydrogen-bond acceptors (Lipinski definition) is 5. The van der Waals surface area contributed by atoms with Crippen LogP contribution >= 0.6 is 7.82 Å². The molecule has 2 rings (SSSR count). The van der Waals surface area contributed by atoms with E-state index in [1.165, 1.54) is 6.07 Å². The van der Waals surface area contributed by atoms with Crippen LogP contribution in [-0.4, -0.2) is 5.97 Å². The van der Waals surface area contributed by atoms with Gasteiger partial charge in [-0.05, 0) is 23.6 Å². The van der Waals surface area contributed by atoms with Crippen LogP contribution in [0.2, 0.25) is 0 Å². The van der Waals surface area contributed by atoms with Crippen molar-refractivity contribution in [1.29, 1.82) is 0 Å². The van der Waals surface area contributed by atoms with E-state index in [1.54, 1.807) is 18.2 Å². The van der Waals surface area contributed by atoms with E-state index in [1.807, 2.05) is 30.3 Å². The van der Waals surface area contributed by atoms with Crippen molar-refractivity contribution in [2.24, 2.45) is 0 Å². The first-order valence-electron chi connectivity index (χ1n) is 5.83. The molecule has 104 valence electrons. The fraction of sp³-hybridized carbons (Fsp3) is 0.0714. The average molecular weight is 304 g/mol. The molecule has 5 nitrogen and oxygen atoms in total. The number of phosphoric acid groups is 1. The Bertz CT molecular complexity index is 657. The zero-order chi connectivity index (χ0) is 14.6. The maximum atomic E-state index is 11.7. The van der Waals surface area contributed by atoms with E-state index in [-0.39, 0.29) is 43.3 Å². The van der Waals surface area contributed by atoms with Gasteiger partial charge in [0.1, 0.15) is 7.82 Å². The Balaban J connectivity index is 0.00000220. The molecule has 2 aromatic carbocycles. The molecular weight excluding hydrogens is 293 g/mol. The molecule has 22 heavy (non-hydrogen) atoms. The zero-order valence-electron chi connectivity index (χ0n) is 12.4. The number of carbonyl (C=O) groups is 1. The van der Waals surface area contributed by atoms with Crippen LogP contribution in [0.3, 0.4) is 0 Å². The summed E-state index contributed by atoms with van der Waals surface area (Å²) in [5.74, 6) is -1.15. The minimum absolute atomic E-state index is 0. The third-order valence-electron chi connectivity index (χ3n) is 2.67. The van der Waals surface area contributed by atoms with Crippen LogP contribution in [-0.2, 0) is 15.5 Å². The molecule has 0 aliphatic heterocycles. The molecule has 0 amide bonds. The van der Waals surface area contributed by atoms with Crippen molar-refractivity contribution in [3.05, 3.63) is 71.3 Å². The Morgan fingerprint density at radius 1 is 0.955 bits per heavy atom. The fourth-order valence-electron chi connectivity index (χ4n) is 1.84. The number of phosphoric ester groups is 1. The molecule has 2 aromatic rings. The van der Waals surface area contributed by atoms with Gasteiger partial charge < -0.3 is 18.9 Å². The second-order valence-electron chi connectivity index (χ2n) is 4.15. The summed E-state index contributed by atoms with van der Waals surface area (Å²) in [6.45, 7) is 0. The molecule has 0 aliphatic rings. The summed E-state index contributed by atoms with van der Waals surface area (Å²) in [4.78, 5) is 32.7. The topological polar surface area (TPSA) is 89.5 Å². The Labute approximate surface area is 152 Å². The van der Waals surface area contributed by atoms with Crippen molar-refractivity contribution in [3.63, 3.8) is 0 Å². The summed E-state index contributed by atoms with van der Waals surface area (Å²) in [5.41, 5.74) is 1.63. The predicted octanol–water partition coefficient (Wildman–Crippen LogP) is -4.73. The molecule has 0 radical (unpaired) electrons. The van der Waals surface area contributed by atoms with Crippen LogP contribution in [0.4, 0.5) is 0 Å². The fourth-order valence-corrected chi connectivity index (χ4v) is 2.14. The van der Waals surface area contributed by atoms with Crippen molar-refractivity contribution in [2.45, 2.75) is 6.42 Å². The Hall–Kier alpha value is -0.745. The Kier molecular flexibility index (Phi) is 9.09. The standard InChI is InChI=1S/C14H13O5P.2Li/c15-14(19-20(16,17)18)13-9-5-4-8-12(13)10-11-6-2-1-3-7-11;;/h1-9H,10H2,(H2,16,17,18);;/q;2*+1/p-2. The number of carbonyl (C=O) groups excluding carboxylic acids is 1. The first-order chi connectivity index (χ1) is 9.46. The summed E-state index contributed by atoms with van der Waals surface area (Å²) < 4.78 is 14.4. The minimum Gasteiger partial charge on any atom is -0.780 e. The van der Waals surface area contributed by atoms with Crippen LogP contribution in [0.1, 0.15) is 21.5 Å². The molecule has 0 unspecified atom stereocenters. The van der Waals surface area contributed by atoms with E-state index in [4.69, 9.17) is 0 Å². The summed E-state index contributed by atoms with van der Waals surface area (Å²) in [6.07, 6.45) is 0.439. The third kappa shape index (κ3) is 6.57. The molecule has 0 atom stereocenters. The molecule has 0 aromatic heterocycles. The van der Waals surface area contributed by atoms with Crippen LogP contribution < -0.4 is 47.5 Å². The molecule has 0 saturated heterocycles. The molecule has 0 fully saturated rings. The summed E-state index contributed by atoms with van der Waals surface area (Å²) >= 11 is 0. The first-order valence-corrected chi connectivity index (χ1v) is 7.29. The molecule has 0 spiro atoms. The summed E-state index contributed by atoms with van der Waals surface area (Å²) in [7, 11) is -5.34. The minimum atomic E-state index is -5.34. The molecule has 0 saturated carbocycles. The second kappa shape index (κ2) is 9.41. The van der Waals surface area contributed by atoms with Crippen molar-refractivity contribution >= 4 is 13.8 Å². The van der Waals surface area contributed by atoms with Gasteiger partial charge in [0.15, 0.2) is 0 Å². The average Bonchev–Trinajstić information content (AvgIpc) is 2.38. The summed E-state index contributed by atoms with van der Waals surface area (Å²) in [6, 6.07) is 15.8. The van der Waals surface area contributed by atoms with Gasteiger partial charge in [0.25, 0.3) is 0 Å². The van der Waals surface area contributed by atoms with E-state index in [9.17, 15) is 19.1 Å². The van der Waals surface area contributed by atoms with Gasteiger partial charge in [-0.15, -0.1) is 0 Å². The predicted molar refractivity (Wildman–Crippen MR) is 68.7 cm³/mol. The largest absolute Gasteiger partial charge is 1.00 e. The Morgan fingerprint density at radius 2 is 1.50 bits per heavy atom. The maximum Gasteiger partial charge on any atom is 1.00 e. The van der Waals surface area contributed by atoms with E-state index in [0.717, 1.165) is 5.56 Å². The van der Waals surface area contributed by atoms with Gasteiger partial charge in [0.2, 0.25) is 0 Å². The molecule has 8 heteroatoms. The van der Waals surface area contributed by atoms with Gasteiger partial charge in [-0.25, -0.2) is 4.79 Å². The first kappa shape index (κ1) is 21.3. The molecular formula is C14H11Li2O5P. The van der Waals surface area contributed by atoms with Gasteiger partial charge >= 0.3 is 43.7 Å². The van der Waals surface area contributed by atoms with Gasteiger partial charge in [-0.2, -0.15) is 0 Å². The second-order valence-corrected chi connectivity index (χ2v) is 5.22. The van der Waals surface area contributed by atoms with Gasteiger partial charge in [0.05, 0.1) is 5.56 Å². The number of hydrogen-bond donors (Lipinski definition) is 0. The summed E-state index contributed by atoms with van der Waals surface area (Å²) in [5, 5.41) is 0. The third-order valence-corrected chi connectivity index (χ3v) is 3.06. The van der Waals surface area contributed by atoms with Crippen LogP contribution in [0.5, 0.6) is 0 Å². The monoisotopic (exact) mass is 304 g/mol. The van der Waals surface area contributed by atoms with Crippen molar-refractivity contribution in [3.8, 4) is 0 Å². The van der Waals surface area contributed by atoms with Crippen molar-refractivity contribution in [2.75, 3.05) is 0 Å². The molecule has 0 N–H and O–H groups in total. The van der Waals surface area contributed by atoms with E-state index in [2.05, 4.69) is 4.52 Å². The van der Waals surface area contributed by atoms with Crippen LogP contribution in [0, 0.1) is 0 Å². The zero-order valence-corrected chi connectivity index (χ0v) is 13.3. The van der Waals surface area contributed by atoms with E-state index >= 15 is 0 Å².